The van der Waals surface area contributed by atoms with Gasteiger partial charge in [0.15, 0.2) is 0 Å². The van der Waals surface area contributed by atoms with Crippen LogP contribution in [-0.2, 0) is 4.79 Å². The van der Waals surface area contributed by atoms with Crippen LogP contribution in [0.1, 0.15) is 0 Å². The number of carbonyl (C=O) groups excluding carboxylic acids is 1. The first kappa shape index (κ1) is 24.7. The molecule has 0 atom stereocenters. The van der Waals surface area contributed by atoms with Crippen molar-refractivity contribution in [2.24, 2.45) is 0 Å². The van der Waals surface area contributed by atoms with E-state index >= 15 is 0 Å². The Bertz CT molecular complexity index is 156. The second-order valence-corrected chi connectivity index (χ2v) is 3.10. The van der Waals surface area contributed by atoms with E-state index in [1.54, 1.807) is 0 Å². The molecule has 9 heteroatoms. The third-order valence-corrected chi connectivity index (χ3v) is 1.24. The molecule has 0 rings (SSSR count). The summed E-state index contributed by atoms with van der Waals surface area (Å²) in [5, 5.41) is 9.59. The molecule has 0 aromatic rings. The van der Waals surface area contributed by atoms with Crippen molar-refractivity contribution >= 4 is 13.9 Å². The van der Waals surface area contributed by atoms with Crippen molar-refractivity contribution in [2.45, 2.75) is 0 Å². The molecule has 0 saturated carbocycles. The van der Waals surface area contributed by atoms with Crippen LogP contribution in [0.25, 0.3) is 0 Å². The molecular formula is C4H4Na3O5P. The number of carboxylic acid groups (broad SMARTS) is 1. The van der Waals surface area contributed by atoms with Crippen LogP contribution in [0.5, 0.6) is 0 Å². The standard InChI is InChI=1S/C4H7O5P.3Na/c5-4(6)2-1-3-10(7,8)9;;;/h1-2H,3H2,(H,5,6)(H2,7,8,9);;;/q;3*+1/p-3/b2-1+;;;. The fourth-order valence-corrected chi connectivity index (χ4v) is 0.642. The van der Waals surface area contributed by atoms with Gasteiger partial charge in [-0.25, -0.2) is 0 Å². The van der Waals surface area contributed by atoms with E-state index in [2.05, 4.69) is 0 Å². The van der Waals surface area contributed by atoms with Crippen molar-refractivity contribution in [2.75, 3.05) is 6.16 Å². The summed E-state index contributed by atoms with van der Waals surface area (Å²) < 4.78 is 0. The van der Waals surface area contributed by atoms with Crippen molar-refractivity contribution in [1.82, 2.24) is 0 Å². The van der Waals surface area contributed by atoms with Crippen LogP contribution in [0, 0.1) is 0 Å². The van der Waals surface area contributed by atoms with Gasteiger partial charge in [0.2, 0.25) is 0 Å². The number of aliphatic carboxylic acids is 1. The molecule has 58 valence electrons. The van der Waals surface area contributed by atoms with Gasteiger partial charge < -0.3 is 24.6 Å². The van der Waals surface area contributed by atoms with Gasteiger partial charge in [0.25, 0.3) is 0 Å². The monoisotopic (exact) mass is 232 g/mol. The molecule has 0 N–H and O–H groups in total. The van der Waals surface area contributed by atoms with E-state index in [1.807, 2.05) is 0 Å². The largest absolute Gasteiger partial charge is 1.00 e. The molecule has 0 spiro atoms. The maximum absolute atomic E-state index is 9.82. The summed E-state index contributed by atoms with van der Waals surface area (Å²) in [5.41, 5.74) is 0. The third-order valence-electron chi connectivity index (χ3n) is 0.583. The molecule has 0 aliphatic rings. The van der Waals surface area contributed by atoms with Gasteiger partial charge in [-0.1, -0.05) is 0 Å². The van der Waals surface area contributed by atoms with Crippen LogP contribution in [0.3, 0.4) is 0 Å². The Morgan fingerprint density at radius 2 is 1.54 bits per heavy atom. The van der Waals surface area contributed by atoms with Crippen molar-refractivity contribution in [3.63, 3.8) is 0 Å². The number of rotatable bonds is 3. The van der Waals surface area contributed by atoms with Gasteiger partial charge in [0.05, 0.1) is 12.1 Å². The Morgan fingerprint density at radius 3 is 1.77 bits per heavy atom. The predicted molar refractivity (Wildman–Crippen MR) is 25.9 cm³/mol. The molecule has 0 heterocycles. The van der Waals surface area contributed by atoms with E-state index in [9.17, 15) is 24.6 Å². The second-order valence-electron chi connectivity index (χ2n) is 1.51. The molecule has 0 aromatic carbocycles. The molecule has 5 nitrogen and oxygen atoms in total. The minimum Gasteiger partial charge on any atom is -0.687 e. The van der Waals surface area contributed by atoms with Crippen molar-refractivity contribution in [3.05, 3.63) is 12.2 Å². The Morgan fingerprint density at radius 1 is 1.15 bits per heavy atom. The van der Waals surface area contributed by atoms with Gasteiger partial charge in [0, 0.05) is 0 Å². The maximum atomic E-state index is 9.82. The molecule has 0 aromatic heterocycles. The third kappa shape index (κ3) is 25.1. The van der Waals surface area contributed by atoms with Crippen molar-refractivity contribution < 1.29 is 113 Å². The van der Waals surface area contributed by atoms with E-state index in [1.165, 1.54) is 0 Å². The number of carboxylic acids is 1. The first-order valence-corrected chi connectivity index (χ1v) is 4.03. The molecular weight excluding hydrogens is 228 g/mol. The van der Waals surface area contributed by atoms with Gasteiger partial charge in [-0.15, -0.1) is 0 Å². The Kier molecular flexibility index (Phi) is 23.9. The summed E-state index contributed by atoms with van der Waals surface area (Å²) in [4.78, 5) is 39.1. The molecule has 0 aliphatic carbocycles. The van der Waals surface area contributed by atoms with Gasteiger partial charge in [-0.2, -0.15) is 7.94 Å². The number of hydrogen-bond donors (Lipinski definition) is 0. The Balaban J connectivity index is -0.000000135. The average Bonchev–Trinajstić information content (AvgIpc) is 1.59. The predicted octanol–water partition coefficient (Wildman–Crippen LogP) is -12.9. The zero-order valence-corrected chi connectivity index (χ0v) is 14.7. The zero-order valence-electron chi connectivity index (χ0n) is 7.85. The average molecular weight is 232 g/mol. The van der Waals surface area contributed by atoms with Crippen molar-refractivity contribution in [3.8, 4) is 0 Å². The Hall–Kier alpha value is 2.52. The summed E-state index contributed by atoms with van der Waals surface area (Å²) in [5.74, 6) is -1.52. The molecule has 0 bridgehead atoms. The topological polar surface area (TPSA) is 109 Å². The smallest absolute Gasteiger partial charge is 0.687 e. The quantitative estimate of drug-likeness (QED) is 0.272. The first-order chi connectivity index (χ1) is 4.42. The molecule has 0 aliphatic heterocycles. The summed E-state index contributed by atoms with van der Waals surface area (Å²) in [6.07, 6.45) is 0.444. The van der Waals surface area contributed by atoms with Crippen LogP contribution < -0.4 is 108 Å². The second kappa shape index (κ2) is 12.6. The summed E-state index contributed by atoms with van der Waals surface area (Å²) >= 11 is 0. The number of carbonyl (C=O) groups is 1. The fraction of sp³-hybridized carbons (Fsp3) is 0.250. The SMILES string of the molecule is O=C([O-])/C=C/C[P+]([O-])([O-])[O-].[Na+].[Na+].[Na+]. The molecule has 0 unspecified atom stereocenters. The first-order valence-electron chi connectivity index (χ1n) is 2.30. The molecule has 0 amide bonds. The van der Waals surface area contributed by atoms with E-state index in [0.717, 1.165) is 6.08 Å². The van der Waals surface area contributed by atoms with Gasteiger partial charge in [0.1, 0.15) is 0 Å². The van der Waals surface area contributed by atoms with Crippen LogP contribution in [0.4, 0.5) is 0 Å². The minimum atomic E-state index is -4.60. The van der Waals surface area contributed by atoms with Gasteiger partial charge in [-0.3, -0.25) is 0 Å². The maximum Gasteiger partial charge on any atom is 1.00 e. The Labute approximate surface area is 143 Å². The summed E-state index contributed by atoms with van der Waals surface area (Å²) in [6.45, 7) is 0. The van der Waals surface area contributed by atoms with E-state index in [4.69, 9.17) is 0 Å². The summed E-state index contributed by atoms with van der Waals surface area (Å²) in [7, 11) is -4.60. The van der Waals surface area contributed by atoms with Crippen molar-refractivity contribution in [1.29, 1.82) is 0 Å². The minimum absolute atomic E-state index is 0. The van der Waals surface area contributed by atoms with Gasteiger partial charge in [-0.05, 0) is 12.2 Å². The van der Waals surface area contributed by atoms with Gasteiger partial charge >= 0.3 is 88.7 Å². The molecule has 0 radical (unpaired) electrons. The van der Waals surface area contributed by atoms with E-state index < -0.39 is 20.1 Å². The number of hydrogen-bond acceptors (Lipinski definition) is 5. The molecule has 0 fully saturated rings. The van der Waals surface area contributed by atoms with E-state index in [-0.39, 0.29) is 88.7 Å². The fourth-order valence-electron chi connectivity index (χ4n) is 0.278. The van der Waals surface area contributed by atoms with Crippen LogP contribution in [0.2, 0.25) is 0 Å². The number of allylic oxidation sites excluding steroid dienone is 1. The van der Waals surface area contributed by atoms with Crippen LogP contribution in [0.15, 0.2) is 12.2 Å². The van der Waals surface area contributed by atoms with E-state index in [0.29, 0.717) is 6.08 Å². The molecule has 13 heavy (non-hydrogen) atoms. The summed E-state index contributed by atoms with van der Waals surface area (Å²) in [6, 6.07) is 0. The van der Waals surface area contributed by atoms with Crippen LogP contribution >= 0.6 is 7.94 Å². The normalized spacial score (nSPS) is 9.46. The zero-order chi connectivity index (χ0) is 8.20. The molecule has 0 saturated heterocycles. The van der Waals surface area contributed by atoms with Crippen LogP contribution in [-0.4, -0.2) is 12.1 Å².